The second-order valence-corrected chi connectivity index (χ2v) is 8.66. The Bertz CT molecular complexity index is 695. The molecule has 1 heterocycles. The van der Waals surface area contributed by atoms with Gasteiger partial charge in [0.1, 0.15) is 0 Å². The molecule has 125 valence electrons. The summed E-state index contributed by atoms with van der Waals surface area (Å²) in [5.41, 5.74) is 5.83. The van der Waals surface area contributed by atoms with Gasteiger partial charge in [0.25, 0.3) is 0 Å². The molecule has 4 saturated carbocycles. The van der Waals surface area contributed by atoms with E-state index in [1.54, 1.807) is 5.56 Å². The van der Waals surface area contributed by atoms with Crippen molar-refractivity contribution >= 4 is 11.0 Å². The van der Waals surface area contributed by atoms with Crippen molar-refractivity contribution in [2.45, 2.75) is 63.7 Å². The van der Waals surface area contributed by atoms with Gasteiger partial charge >= 0.3 is 0 Å². The second-order valence-electron chi connectivity index (χ2n) is 8.66. The van der Waals surface area contributed by atoms with Crippen LogP contribution in [0, 0.1) is 24.1 Å². The summed E-state index contributed by atoms with van der Waals surface area (Å²) in [5, 5.41) is 0. The fraction of sp³-hybridized carbons (Fsp3) is 0.650. The molecule has 6 rings (SSSR count). The molecule has 0 saturated heterocycles. The molecule has 1 aromatic heterocycles. The van der Waals surface area contributed by atoms with Crippen LogP contribution in [0.1, 0.15) is 69.4 Å². The van der Waals surface area contributed by atoms with E-state index in [1.807, 2.05) is 0 Å². The Balaban J connectivity index is 0.00000135. The third-order valence-corrected chi connectivity index (χ3v) is 6.77. The van der Waals surface area contributed by atoms with E-state index in [0.717, 1.165) is 23.3 Å². The van der Waals surface area contributed by atoms with E-state index in [2.05, 4.69) is 42.3 Å². The molecule has 0 amide bonds. The molecule has 4 fully saturated rings. The molecule has 1 aromatic carbocycles. The molecular weight excluding hydrogens is 371 g/mol. The number of imidazole rings is 1. The topological polar surface area (TPSA) is 28.7 Å². The van der Waals surface area contributed by atoms with E-state index in [0.29, 0.717) is 11.3 Å². The summed E-state index contributed by atoms with van der Waals surface area (Å²) in [4.78, 5) is 7.81. The predicted octanol–water partition coefficient (Wildman–Crippen LogP) is 4.95. The van der Waals surface area contributed by atoms with Crippen molar-refractivity contribution < 1.29 is 19.5 Å². The maximum atomic E-state index is 4.47. The van der Waals surface area contributed by atoms with Crippen LogP contribution < -0.4 is 0 Å². The first-order chi connectivity index (χ1) is 10.6. The van der Waals surface area contributed by atoms with Crippen LogP contribution in [-0.2, 0) is 24.9 Å². The molecule has 1 radical (unpaired) electrons. The zero-order valence-corrected chi connectivity index (χ0v) is 15.6. The minimum absolute atomic E-state index is 0. The molecule has 3 heteroatoms. The number of hydrogen-bond acceptors (Lipinski definition) is 1. The van der Waals surface area contributed by atoms with Gasteiger partial charge in [0, 0.05) is 19.5 Å². The van der Waals surface area contributed by atoms with Crippen LogP contribution in [0.2, 0.25) is 0 Å². The Labute approximate surface area is 151 Å². The van der Waals surface area contributed by atoms with Gasteiger partial charge in [-0.3, -0.25) is 0 Å². The molecule has 0 aliphatic heterocycles. The molecule has 1 N–H and O–H groups in total. The van der Waals surface area contributed by atoms with Crippen molar-refractivity contribution in [3.05, 3.63) is 29.6 Å². The first kappa shape index (κ1) is 15.8. The number of hydrogen-bond donors (Lipinski definition) is 1. The third-order valence-electron chi connectivity index (χ3n) is 6.77. The van der Waals surface area contributed by atoms with Gasteiger partial charge in [0.05, 0.1) is 0 Å². The number of nitrogens with one attached hydrogen (secondary N) is 1. The predicted molar refractivity (Wildman–Crippen MR) is 88.9 cm³/mol. The van der Waals surface area contributed by atoms with Crippen LogP contribution >= 0.6 is 0 Å². The van der Waals surface area contributed by atoms with Gasteiger partial charge in [-0.25, -0.2) is 0 Å². The smallest absolute Gasteiger partial charge is 0 e. The number of fused-ring (bicyclic) bond motifs is 1. The SMILES string of the molecule is CC(C)c1cc(C23CC4CC(CC(C4)C2)C3)c2[nH][c-]nc2c1.[Rh]. The molecule has 2 nitrogen and oxygen atoms in total. The average molecular weight is 396 g/mol. The molecule has 0 atom stereocenters. The Morgan fingerprint density at radius 3 is 2.26 bits per heavy atom. The molecule has 0 spiro atoms. The van der Waals surface area contributed by atoms with Gasteiger partial charge in [-0.15, -0.1) is 0 Å². The van der Waals surface area contributed by atoms with E-state index in [9.17, 15) is 0 Å². The van der Waals surface area contributed by atoms with Crippen LogP contribution in [0.25, 0.3) is 11.0 Å². The number of aromatic nitrogens is 2. The number of aromatic amines is 1. The van der Waals surface area contributed by atoms with Crippen molar-refractivity contribution in [1.82, 2.24) is 9.97 Å². The van der Waals surface area contributed by atoms with Gasteiger partial charge < -0.3 is 9.97 Å². The normalized spacial score (nSPS) is 35.0. The standard InChI is InChI=1S/C20H25N2.Rh/c1-12(2)16-6-17(19-18(7-16)21-11-22-19)20-8-13-3-14(9-20)5-15(4-13)10-20;/h6-7,12-15H,3-5,8-10H2,1-2H3,(H,21,22);/q-1;. The second kappa shape index (κ2) is 5.41. The van der Waals surface area contributed by atoms with Gasteiger partial charge in [-0.2, -0.15) is 0 Å². The third kappa shape index (κ3) is 2.34. The van der Waals surface area contributed by atoms with Crippen LogP contribution in [0.15, 0.2) is 12.1 Å². The largest absolute Gasteiger partial charge is 0.460 e. The monoisotopic (exact) mass is 396 g/mol. The minimum atomic E-state index is 0. The summed E-state index contributed by atoms with van der Waals surface area (Å²) in [6.45, 7) is 4.59. The summed E-state index contributed by atoms with van der Waals surface area (Å²) in [6, 6.07) is 4.77. The Morgan fingerprint density at radius 1 is 1.09 bits per heavy atom. The summed E-state index contributed by atoms with van der Waals surface area (Å²) in [7, 11) is 0. The summed E-state index contributed by atoms with van der Waals surface area (Å²) in [5.74, 6) is 3.51. The minimum Gasteiger partial charge on any atom is -0.460 e. The number of benzene rings is 1. The molecule has 2 aromatic rings. The first-order valence-electron chi connectivity index (χ1n) is 9.03. The molecule has 4 aliphatic carbocycles. The van der Waals surface area contributed by atoms with Crippen molar-refractivity contribution in [2.24, 2.45) is 17.8 Å². The van der Waals surface area contributed by atoms with Crippen LogP contribution in [0.5, 0.6) is 0 Å². The quantitative estimate of drug-likeness (QED) is 0.565. The molecular formula is C20H25N2Rh-. The zero-order chi connectivity index (χ0) is 14.9. The van der Waals surface area contributed by atoms with Crippen molar-refractivity contribution in [3.63, 3.8) is 0 Å². The fourth-order valence-corrected chi connectivity index (χ4v) is 6.20. The van der Waals surface area contributed by atoms with E-state index in [1.165, 1.54) is 49.6 Å². The maximum Gasteiger partial charge on any atom is 0 e. The number of H-pyrrole nitrogens is 1. The van der Waals surface area contributed by atoms with E-state index < -0.39 is 0 Å². The number of rotatable bonds is 2. The summed E-state index contributed by atoms with van der Waals surface area (Å²) in [6.07, 6.45) is 11.7. The van der Waals surface area contributed by atoms with Crippen molar-refractivity contribution in [2.75, 3.05) is 0 Å². The fourth-order valence-electron chi connectivity index (χ4n) is 6.20. The maximum absolute atomic E-state index is 4.47. The average Bonchev–Trinajstić information content (AvgIpc) is 2.92. The molecule has 23 heavy (non-hydrogen) atoms. The Hall–Kier alpha value is -0.687. The first-order valence-corrected chi connectivity index (χ1v) is 9.03. The van der Waals surface area contributed by atoms with Crippen molar-refractivity contribution in [1.29, 1.82) is 0 Å². The van der Waals surface area contributed by atoms with E-state index >= 15 is 0 Å². The van der Waals surface area contributed by atoms with Crippen LogP contribution in [-0.4, -0.2) is 9.97 Å². The van der Waals surface area contributed by atoms with Crippen LogP contribution in [0.3, 0.4) is 0 Å². The van der Waals surface area contributed by atoms with Gasteiger partial charge in [0.15, 0.2) is 0 Å². The summed E-state index contributed by atoms with van der Waals surface area (Å²) < 4.78 is 0. The van der Waals surface area contributed by atoms with Crippen molar-refractivity contribution in [3.8, 4) is 0 Å². The van der Waals surface area contributed by atoms with Crippen LogP contribution in [0.4, 0.5) is 0 Å². The molecule has 4 bridgehead atoms. The number of nitrogens with zero attached hydrogens (tertiary/aromatic N) is 1. The summed E-state index contributed by atoms with van der Waals surface area (Å²) >= 11 is 0. The molecule has 0 unspecified atom stereocenters. The van der Waals surface area contributed by atoms with Gasteiger partial charge in [-0.05, 0) is 73.9 Å². The zero-order valence-electron chi connectivity index (χ0n) is 14.0. The van der Waals surface area contributed by atoms with E-state index in [4.69, 9.17) is 0 Å². The Kier molecular flexibility index (Phi) is 3.72. The molecule has 4 aliphatic rings. The van der Waals surface area contributed by atoms with E-state index in [-0.39, 0.29) is 19.5 Å². The Morgan fingerprint density at radius 2 is 1.70 bits per heavy atom. The van der Waals surface area contributed by atoms with Gasteiger partial charge in [-0.1, -0.05) is 48.1 Å². The van der Waals surface area contributed by atoms with Gasteiger partial charge in [0.2, 0.25) is 0 Å².